The molecule has 2 aromatic carbocycles. The van der Waals surface area contributed by atoms with Crippen LogP contribution >= 0.6 is 0 Å². The van der Waals surface area contributed by atoms with Gasteiger partial charge in [-0.15, -0.1) is 6.58 Å². The van der Waals surface area contributed by atoms with Gasteiger partial charge in [-0.25, -0.2) is 8.42 Å². The number of nitrogens with zero attached hydrogens (tertiary/aromatic N) is 2. The summed E-state index contributed by atoms with van der Waals surface area (Å²) in [4.78, 5) is 2.19. The molecule has 0 saturated carbocycles. The summed E-state index contributed by atoms with van der Waals surface area (Å²) in [6, 6.07) is 15.1. The van der Waals surface area contributed by atoms with Crippen LogP contribution in [0.5, 0.6) is 11.5 Å². The standard InChI is InChI=1S/C26H36N2O5S/c1-4-5-6-26(21-27-15-17-33-18-16-27)34(29,30)28(19-22-7-11-24(31-2)12-8-22)20-23-9-13-25(32-3)14-10-23/h4,7-14,26H,1,5-6,15-21H2,2-3H3/t26-/m1/s1. The van der Waals surface area contributed by atoms with Crippen molar-refractivity contribution < 1.29 is 22.6 Å². The fraction of sp³-hybridized carbons (Fsp3) is 0.462. The van der Waals surface area contributed by atoms with E-state index in [0.717, 1.165) is 35.7 Å². The molecular formula is C26H36N2O5S. The lowest BCUT2D eigenvalue weighted by Gasteiger charge is -2.33. The monoisotopic (exact) mass is 488 g/mol. The minimum absolute atomic E-state index is 0.284. The van der Waals surface area contributed by atoms with Crippen molar-refractivity contribution in [3.8, 4) is 11.5 Å². The van der Waals surface area contributed by atoms with Gasteiger partial charge in [-0.3, -0.25) is 4.90 Å². The first kappa shape index (κ1) is 26.2. The molecule has 2 aromatic rings. The molecule has 0 bridgehead atoms. The van der Waals surface area contributed by atoms with E-state index < -0.39 is 15.3 Å². The molecule has 1 heterocycles. The molecule has 0 unspecified atom stereocenters. The summed E-state index contributed by atoms with van der Waals surface area (Å²) in [7, 11) is -0.389. The SMILES string of the molecule is C=CCC[C@H](CN1CCOCC1)S(=O)(=O)N(Cc1ccc(OC)cc1)Cc1ccc(OC)cc1. The molecule has 1 saturated heterocycles. The maximum absolute atomic E-state index is 14.0. The molecular weight excluding hydrogens is 452 g/mol. The number of methoxy groups -OCH3 is 2. The van der Waals surface area contributed by atoms with Gasteiger partial charge in [0.25, 0.3) is 0 Å². The van der Waals surface area contributed by atoms with Gasteiger partial charge < -0.3 is 14.2 Å². The molecule has 8 heteroatoms. The van der Waals surface area contributed by atoms with Crippen LogP contribution in [0.2, 0.25) is 0 Å². The number of ether oxygens (including phenoxy) is 3. The molecule has 0 radical (unpaired) electrons. The van der Waals surface area contributed by atoms with Gasteiger partial charge in [0.15, 0.2) is 0 Å². The third-order valence-corrected chi connectivity index (χ3v) is 8.28. The largest absolute Gasteiger partial charge is 0.497 e. The van der Waals surface area contributed by atoms with Crippen molar-refractivity contribution in [1.29, 1.82) is 0 Å². The van der Waals surface area contributed by atoms with E-state index in [2.05, 4.69) is 11.5 Å². The smallest absolute Gasteiger partial charge is 0.218 e. The van der Waals surface area contributed by atoms with E-state index >= 15 is 0 Å². The van der Waals surface area contributed by atoms with Crippen LogP contribution in [0.25, 0.3) is 0 Å². The van der Waals surface area contributed by atoms with Crippen molar-refractivity contribution in [3.63, 3.8) is 0 Å². The lowest BCUT2D eigenvalue weighted by Crippen LogP contribution is -2.47. The zero-order chi connectivity index (χ0) is 24.4. The molecule has 1 fully saturated rings. The fourth-order valence-electron chi connectivity index (χ4n) is 4.03. The highest BCUT2D eigenvalue weighted by atomic mass is 32.2. The van der Waals surface area contributed by atoms with Gasteiger partial charge in [0.2, 0.25) is 10.0 Å². The highest BCUT2D eigenvalue weighted by Gasteiger charge is 2.33. The maximum Gasteiger partial charge on any atom is 0.218 e. The molecule has 0 N–H and O–H groups in total. The Morgan fingerprint density at radius 2 is 1.47 bits per heavy atom. The minimum atomic E-state index is -3.62. The van der Waals surface area contributed by atoms with E-state index in [1.54, 1.807) is 24.6 Å². The van der Waals surface area contributed by atoms with Crippen molar-refractivity contribution in [1.82, 2.24) is 9.21 Å². The van der Waals surface area contributed by atoms with Crippen molar-refractivity contribution in [2.45, 2.75) is 31.2 Å². The zero-order valence-electron chi connectivity index (χ0n) is 20.2. The van der Waals surface area contributed by atoms with Gasteiger partial charge in [0.05, 0.1) is 32.7 Å². The van der Waals surface area contributed by atoms with E-state index in [1.807, 2.05) is 48.5 Å². The maximum atomic E-state index is 14.0. The van der Waals surface area contributed by atoms with Gasteiger partial charge in [-0.1, -0.05) is 30.3 Å². The van der Waals surface area contributed by atoms with Gasteiger partial charge in [-0.05, 0) is 48.2 Å². The first-order valence-electron chi connectivity index (χ1n) is 11.6. The third kappa shape index (κ3) is 7.30. The Hall–Kier alpha value is -2.39. The molecule has 34 heavy (non-hydrogen) atoms. The van der Waals surface area contributed by atoms with Crippen LogP contribution in [-0.4, -0.2) is 69.9 Å². The number of benzene rings is 2. The Morgan fingerprint density at radius 1 is 0.971 bits per heavy atom. The van der Waals surface area contributed by atoms with Gasteiger partial charge in [0, 0.05) is 32.7 Å². The lowest BCUT2D eigenvalue weighted by molar-refractivity contribution is 0.0374. The van der Waals surface area contributed by atoms with Crippen LogP contribution in [0, 0.1) is 0 Å². The number of morpholine rings is 1. The highest BCUT2D eigenvalue weighted by molar-refractivity contribution is 7.89. The number of hydrogen-bond donors (Lipinski definition) is 0. The Balaban J connectivity index is 1.88. The summed E-state index contributed by atoms with van der Waals surface area (Å²) in [5.74, 6) is 1.48. The predicted octanol–water partition coefficient (Wildman–Crippen LogP) is 3.70. The summed E-state index contributed by atoms with van der Waals surface area (Å²) < 4.78 is 45.7. The zero-order valence-corrected chi connectivity index (χ0v) is 21.0. The normalized spacial score (nSPS) is 15.7. The molecule has 186 valence electrons. The highest BCUT2D eigenvalue weighted by Crippen LogP contribution is 2.24. The van der Waals surface area contributed by atoms with Crippen LogP contribution in [-0.2, 0) is 27.8 Å². The van der Waals surface area contributed by atoms with Gasteiger partial charge in [0.1, 0.15) is 11.5 Å². The van der Waals surface area contributed by atoms with E-state index in [9.17, 15) is 8.42 Å². The topological polar surface area (TPSA) is 68.3 Å². The molecule has 1 aliphatic rings. The van der Waals surface area contributed by atoms with Crippen molar-refractivity contribution in [3.05, 3.63) is 72.3 Å². The molecule has 1 atom stereocenters. The Kier molecular flexibility index (Phi) is 9.95. The van der Waals surface area contributed by atoms with Gasteiger partial charge in [-0.2, -0.15) is 4.31 Å². The number of allylic oxidation sites excluding steroid dienone is 1. The summed E-state index contributed by atoms with van der Waals surface area (Å²) >= 11 is 0. The van der Waals surface area contributed by atoms with E-state index in [-0.39, 0.29) is 13.1 Å². The number of hydrogen-bond acceptors (Lipinski definition) is 6. The van der Waals surface area contributed by atoms with Crippen LogP contribution in [0.3, 0.4) is 0 Å². The van der Waals surface area contributed by atoms with Crippen molar-refractivity contribution >= 4 is 10.0 Å². The summed E-state index contributed by atoms with van der Waals surface area (Å²) in [6.45, 7) is 7.63. The number of rotatable bonds is 13. The van der Waals surface area contributed by atoms with Crippen LogP contribution in [0.15, 0.2) is 61.2 Å². The fourth-order valence-corrected chi connectivity index (χ4v) is 5.94. The van der Waals surface area contributed by atoms with Gasteiger partial charge >= 0.3 is 0 Å². The Morgan fingerprint density at radius 3 is 1.91 bits per heavy atom. The van der Waals surface area contributed by atoms with E-state index in [0.29, 0.717) is 32.6 Å². The van der Waals surface area contributed by atoms with E-state index in [4.69, 9.17) is 14.2 Å². The molecule has 7 nitrogen and oxygen atoms in total. The van der Waals surface area contributed by atoms with Crippen LogP contribution < -0.4 is 9.47 Å². The average Bonchev–Trinajstić information content (AvgIpc) is 2.87. The second-order valence-electron chi connectivity index (χ2n) is 8.41. The first-order valence-corrected chi connectivity index (χ1v) is 13.1. The lowest BCUT2D eigenvalue weighted by atomic mass is 10.2. The van der Waals surface area contributed by atoms with E-state index in [1.165, 1.54) is 0 Å². The molecule has 3 rings (SSSR count). The predicted molar refractivity (Wildman–Crippen MR) is 135 cm³/mol. The summed E-state index contributed by atoms with van der Waals surface area (Å²) in [6.07, 6.45) is 2.97. The molecule has 1 aliphatic heterocycles. The molecule has 0 aliphatic carbocycles. The van der Waals surface area contributed by atoms with Crippen LogP contribution in [0.4, 0.5) is 0 Å². The second-order valence-corrected chi connectivity index (χ2v) is 10.6. The summed E-state index contributed by atoms with van der Waals surface area (Å²) in [5.41, 5.74) is 1.82. The Labute approximate surface area is 204 Å². The number of sulfonamides is 1. The average molecular weight is 489 g/mol. The van der Waals surface area contributed by atoms with Crippen LogP contribution in [0.1, 0.15) is 24.0 Å². The Bertz CT molecular complexity index is 937. The third-order valence-electron chi connectivity index (χ3n) is 6.08. The van der Waals surface area contributed by atoms with Crippen molar-refractivity contribution in [2.75, 3.05) is 47.1 Å². The summed E-state index contributed by atoms with van der Waals surface area (Å²) in [5, 5.41) is -0.528. The molecule has 0 spiro atoms. The first-order chi connectivity index (χ1) is 16.5. The minimum Gasteiger partial charge on any atom is -0.497 e. The second kappa shape index (κ2) is 12.9. The quantitative estimate of drug-likeness (QED) is 0.401. The molecule has 0 amide bonds. The molecule has 0 aromatic heterocycles. The van der Waals surface area contributed by atoms with Crippen molar-refractivity contribution in [2.24, 2.45) is 0 Å².